The molecule has 1 aliphatic heterocycles. The molecule has 8 heteroatoms. The Balaban J connectivity index is 1.63. The number of anilines is 1. The van der Waals surface area contributed by atoms with Gasteiger partial charge in [-0.3, -0.25) is 0 Å². The van der Waals surface area contributed by atoms with Crippen molar-refractivity contribution in [1.29, 1.82) is 0 Å². The lowest BCUT2D eigenvalue weighted by molar-refractivity contribution is 0.607. The summed E-state index contributed by atoms with van der Waals surface area (Å²) in [6.07, 6.45) is 2.44. The molecule has 0 spiro atoms. The molecule has 1 unspecified atom stereocenters. The summed E-state index contributed by atoms with van der Waals surface area (Å²) in [5.41, 5.74) is 0.527. The zero-order valence-electron chi connectivity index (χ0n) is 15.1. The molecule has 0 bridgehead atoms. The fraction of sp³-hybridized carbons (Fsp3) is 0.368. The zero-order valence-corrected chi connectivity index (χ0v) is 16.6. The lowest BCUT2D eigenvalue weighted by atomic mass is 10.2. The van der Waals surface area contributed by atoms with E-state index in [2.05, 4.69) is 36.5 Å². The molecule has 1 atom stereocenters. The van der Waals surface area contributed by atoms with E-state index in [4.69, 9.17) is 0 Å². The van der Waals surface area contributed by atoms with Gasteiger partial charge in [-0.15, -0.1) is 0 Å². The monoisotopic (exact) mass is 437 g/mol. The molecular weight excluding hydrogens is 416 g/mol. The number of nitrogens with zero attached hydrogens (tertiary/aromatic N) is 3. The maximum absolute atomic E-state index is 14.0. The van der Waals surface area contributed by atoms with Crippen LogP contribution in [-0.2, 0) is 6.54 Å². The van der Waals surface area contributed by atoms with E-state index in [-0.39, 0.29) is 24.2 Å². The first kappa shape index (κ1) is 19.5. The van der Waals surface area contributed by atoms with Gasteiger partial charge in [0, 0.05) is 41.9 Å². The van der Waals surface area contributed by atoms with Crippen LogP contribution in [0.4, 0.5) is 14.6 Å². The van der Waals surface area contributed by atoms with Crippen molar-refractivity contribution >= 4 is 27.7 Å². The zero-order chi connectivity index (χ0) is 19.2. The number of aromatic nitrogens is 1. The third-order valence-corrected chi connectivity index (χ3v) is 4.83. The van der Waals surface area contributed by atoms with E-state index < -0.39 is 0 Å². The molecule has 0 aliphatic carbocycles. The largest absolute Gasteiger partial charge is 0.357 e. The molecule has 5 nitrogen and oxygen atoms in total. The Morgan fingerprint density at radius 2 is 2.19 bits per heavy atom. The maximum atomic E-state index is 14.0. The fourth-order valence-electron chi connectivity index (χ4n) is 3.01. The minimum atomic E-state index is -0.315. The summed E-state index contributed by atoms with van der Waals surface area (Å²) in [5, 5.41) is 6.53. The molecule has 2 heterocycles. The third kappa shape index (κ3) is 5.15. The summed E-state index contributed by atoms with van der Waals surface area (Å²) in [5.74, 6) is 0.389. The summed E-state index contributed by atoms with van der Waals surface area (Å²) in [4.78, 5) is 10.5. The molecule has 1 fully saturated rings. The number of benzene rings is 1. The summed E-state index contributed by atoms with van der Waals surface area (Å²) >= 11 is 3.25. The number of aliphatic imine (C=N–C) groups is 1. The second-order valence-electron chi connectivity index (χ2n) is 6.32. The predicted molar refractivity (Wildman–Crippen MR) is 107 cm³/mol. The molecule has 1 aliphatic rings. The Labute approximate surface area is 166 Å². The van der Waals surface area contributed by atoms with E-state index in [0.29, 0.717) is 41.4 Å². The standard InChI is InChI=1S/C19H22BrF2N5/c1-2-23-19(25-11-13-5-6-14(20)10-17(13)22)26-15-7-9-27(12-15)18-16(21)4-3-8-24-18/h3-6,8,10,15H,2,7,9,11-12H2,1H3,(H2,23,25,26). The number of guanidine groups is 1. The van der Waals surface area contributed by atoms with Gasteiger partial charge in [0.15, 0.2) is 17.6 Å². The van der Waals surface area contributed by atoms with Crippen molar-refractivity contribution in [2.75, 3.05) is 24.5 Å². The first-order valence-corrected chi connectivity index (χ1v) is 9.70. The van der Waals surface area contributed by atoms with Crippen LogP contribution in [0.3, 0.4) is 0 Å². The van der Waals surface area contributed by atoms with Crippen LogP contribution in [0.2, 0.25) is 0 Å². The molecule has 1 aromatic carbocycles. The van der Waals surface area contributed by atoms with Crippen molar-refractivity contribution in [3.05, 3.63) is 58.2 Å². The maximum Gasteiger partial charge on any atom is 0.191 e. The third-order valence-electron chi connectivity index (χ3n) is 4.33. The van der Waals surface area contributed by atoms with E-state index in [1.165, 1.54) is 12.1 Å². The van der Waals surface area contributed by atoms with Gasteiger partial charge in [0.2, 0.25) is 0 Å². The van der Waals surface area contributed by atoms with E-state index >= 15 is 0 Å². The van der Waals surface area contributed by atoms with Crippen molar-refractivity contribution in [2.45, 2.75) is 25.9 Å². The van der Waals surface area contributed by atoms with Gasteiger partial charge in [-0.1, -0.05) is 22.0 Å². The highest BCUT2D eigenvalue weighted by molar-refractivity contribution is 9.10. The Kier molecular flexibility index (Phi) is 6.60. The van der Waals surface area contributed by atoms with Crippen LogP contribution in [0.25, 0.3) is 0 Å². The number of rotatable bonds is 5. The summed E-state index contributed by atoms with van der Waals surface area (Å²) in [7, 11) is 0. The van der Waals surface area contributed by atoms with Gasteiger partial charge in [-0.05, 0) is 37.6 Å². The van der Waals surface area contributed by atoms with Crippen LogP contribution in [0, 0.1) is 11.6 Å². The number of halogens is 3. The van der Waals surface area contributed by atoms with Crippen LogP contribution in [0.1, 0.15) is 18.9 Å². The molecule has 3 rings (SSSR count). The lowest BCUT2D eigenvalue weighted by Gasteiger charge is -2.20. The van der Waals surface area contributed by atoms with Crippen molar-refractivity contribution in [3.63, 3.8) is 0 Å². The van der Waals surface area contributed by atoms with Crippen molar-refractivity contribution < 1.29 is 8.78 Å². The average molecular weight is 438 g/mol. The molecule has 2 aromatic rings. The normalized spacial score (nSPS) is 17.3. The quantitative estimate of drug-likeness (QED) is 0.555. The highest BCUT2D eigenvalue weighted by Gasteiger charge is 2.25. The lowest BCUT2D eigenvalue weighted by Crippen LogP contribution is -2.44. The molecular formula is C19H22BrF2N5. The van der Waals surface area contributed by atoms with Crippen LogP contribution in [0.15, 0.2) is 46.0 Å². The van der Waals surface area contributed by atoms with Gasteiger partial charge in [0.1, 0.15) is 5.82 Å². The van der Waals surface area contributed by atoms with Gasteiger partial charge in [-0.2, -0.15) is 0 Å². The summed E-state index contributed by atoms with van der Waals surface area (Å²) in [6, 6.07) is 8.06. The van der Waals surface area contributed by atoms with Gasteiger partial charge in [0.05, 0.1) is 6.54 Å². The second kappa shape index (κ2) is 9.12. The Morgan fingerprint density at radius 1 is 1.33 bits per heavy atom. The van der Waals surface area contributed by atoms with E-state index in [1.54, 1.807) is 24.4 Å². The fourth-order valence-corrected chi connectivity index (χ4v) is 3.34. The van der Waals surface area contributed by atoms with E-state index in [0.717, 1.165) is 6.42 Å². The van der Waals surface area contributed by atoms with Gasteiger partial charge >= 0.3 is 0 Å². The number of pyridine rings is 1. The molecule has 1 saturated heterocycles. The first-order valence-electron chi connectivity index (χ1n) is 8.91. The molecule has 0 amide bonds. The predicted octanol–water partition coefficient (Wildman–Crippen LogP) is 3.46. The van der Waals surface area contributed by atoms with Crippen molar-refractivity contribution in [2.24, 2.45) is 4.99 Å². The minimum Gasteiger partial charge on any atom is -0.357 e. The van der Waals surface area contributed by atoms with E-state index in [1.807, 2.05) is 11.8 Å². The molecule has 1 aromatic heterocycles. The highest BCUT2D eigenvalue weighted by Crippen LogP contribution is 2.21. The smallest absolute Gasteiger partial charge is 0.191 e. The number of hydrogen-bond acceptors (Lipinski definition) is 3. The summed E-state index contributed by atoms with van der Waals surface area (Å²) < 4.78 is 28.6. The number of nitrogens with one attached hydrogen (secondary N) is 2. The summed E-state index contributed by atoms with van der Waals surface area (Å²) in [6.45, 7) is 4.25. The van der Waals surface area contributed by atoms with Gasteiger partial charge < -0.3 is 15.5 Å². The van der Waals surface area contributed by atoms with Crippen LogP contribution >= 0.6 is 15.9 Å². The Hall–Kier alpha value is -2.22. The average Bonchev–Trinajstić information content (AvgIpc) is 3.09. The molecule has 0 radical (unpaired) electrons. The molecule has 27 heavy (non-hydrogen) atoms. The van der Waals surface area contributed by atoms with Crippen molar-refractivity contribution in [3.8, 4) is 0 Å². The van der Waals surface area contributed by atoms with Crippen LogP contribution in [0.5, 0.6) is 0 Å². The molecule has 144 valence electrons. The highest BCUT2D eigenvalue weighted by atomic mass is 79.9. The molecule has 2 N–H and O–H groups in total. The molecule has 0 saturated carbocycles. The van der Waals surface area contributed by atoms with E-state index in [9.17, 15) is 8.78 Å². The van der Waals surface area contributed by atoms with Crippen LogP contribution in [-0.4, -0.2) is 36.6 Å². The van der Waals surface area contributed by atoms with Gasteiger partial charge in [0.25, 0.3) is 0 Å². The topological polar surface area (TPSA) is 52.6 Å². The minimum absolute atomic E-state index is 0.110. The Bertz CT molecular complexity index is 814. The van der Waals surface area contributed by atoms with Crippen molar-refractivity contribution in [1.82, 2.24) is 15.6 Å². The second-order valence-corrected chi connectivity index (χ2v) is 7.23. The number of hydrogen-bond donors (Lipinski definition) is 2. The van der Waals surface area contributed by atoms with Crippen LogP contribution < -0.4 is 15.5 Å². The SMILES string of the molecule is CCNC(=NCc1ccc(Br)cc1F)NC1CCN(c2ncccc2F)C1. The first-order chi connectivity index (χ1) is 13.1. The Morgan fingerprint density at radius 3 is 2.93 bits per heavy atom. The van der Waals surface area contributed by atoms with Gasteiger partial charge in [-0.25, -0.2) is 18.8 Å².